The Morgan fingerprint density at radius 2 is 1.92 bits per heavy atom. The first-order valence-electron chi connectivity index (χ1n) is 11.8. The first-order valence-corrected chi connectivity index (χ1v) is 11.3. The molecule has 2 fully saturated rings. The van der Waals surface area contributed by atoms with E-state index in [2.05, 4.69) is 5.32 Å². The molecule has 3 amide bonds. The fourth-order valence-electron chi connectivity index (χ4n) is 4.43. The van der Waals surface area contributed by atoms with Crippen molar-refractivity contribution in [1.29, 1.82) is 0 Å². The van der Waals surface area contributed by atoms with E-state index in [-0.39, 0.29) is 19.4 Å². The van der Waals surface area contributed by atoms with Crippen LogP contribution in [-0.2, 0) is 33.4 Å². The van der Waals surface area contributed by atoms with Crippen molar-refractivity contribution in [3.05, 3.63) is 0 Å². The highest BCUT2D eigenvalue weighted by molar-refractivity contribution is 5.92. The van der Waals surface area contributed by atoms with Gasteiger partial charge in [0.05, 0.1) is 20.1 Å². The number of nitrogens with zero attached hydrogens (tertiary/aromatic N) is 1. The van der Waals surface area contributed by atoms with Crippen LogP contribution in [0.15, 0.2) is 0 Å². The smallest absolute Gasteiger partial charge is 0.332 e. The molecule has 0 aromatic carbocycles. The number of carboxylic acid groups (broad SMARTS) is 2. The molecule has 15 heteroatoms. The maximum absolute atomic E-state index is 13.4. The van der Waals surface area contributed by atoms with Crippen LogP contribution in [0.3, 0.4) is 0 Å². The average molecular weight is 520 g/mol. The number of primary amides is 1. The first-order chi connectivity index (χ1) is 17.2. The minimum absolute atomic E-state index is 0.000673. The number of carboxylic acids is 2. The topological polar surface area (TPSA) is 252 Å². The summed E-state index contributed by atoms with van der Waals surface area (Å²) >= 11 is 0. The van der Waals surface area contributed by atoms with Gasteiger partial charge in [-0.05, 0) is 19.8 Å². The van der Waals surface area contributed by atoms with Crippen LogP contribution in [0.5, 0.6) is 0 Å². The lowest BCUT2D eigenvalue weighted by atomic mass is 9.82. The number of hydrogen-bond donors (Lipinski definition) is 7. The third kappa shape index (κ3) is 6.67. The number of ether oxygens (including phenoxy) is 2. The van der Waals surface area contributed by atoms with Crippen LogP contribution in [0.25, 0.3) is 0 Å². The van der Waals surface area contributed by atoms with Gasteiger partial charge in [-0.25, -0.2) is 4.79 Å². The molecule has 2 unspecified atom stereocenters. The van der Waals surface area contributed by atoms with Gasteiger partial charge in [-0.2, -0.15) is 0 Å². The molecular weight excluding hydrogens is 484 g/mol. The molecule has 2 heterocycles. The zero-order valence-electron chi connectivity index (χ0n) is 20.9. The molecule has 0 radical (unpaired) electrons. The highest BCUT2D eigenvalue weighted by atomic mass is 16.6. The van der Waals surface area contributed by atoms with Gasteiger partial charge in [0.15, 0.2) is 6.10 Å². The van der Waals surface area contributed by atoms with E-state index in [1.165, 1.54) is 6.92 Å². The van der Waals surface area contributed by atoms with Crippen LogP contribution in [0.2, 0.25) is 0 Å². The lowest BCUT2D eigenvalue weighted by Crippen LogP contribution is -2.67. The second kappa shape index (κ2) is 12.4. The number of amides is 3. The van der Waals surface area contributed by atoms with Crippen LogP contribution < -0.4 is 16.8 Å². The summed E-state index contributed by atoms with van der Waals surface area (Å²) in [6.07, 6.45) is -7.81. The number of likely N-dealkylation sites (tertiary alicyclic amines) is 1. The standard InChI is InChI=1S/C21H34N4O11/c1-8(21(33)34)35-18-14(22)17(36-12(7-26)16(18)30)10-5-6-25(9(2)27)15(10)20(32)24-11(19(23)31)3-4-13(28)29/h8,10-12,14-18,26,30H,3-7,22H2,1-2H3,(H2,23,31)(H,24,32)(H,28,29)(H,33,34)/t8-,10?,11+,12-,14+,15+,16-,17?,18-/m1/s1/i15D. The molecule has 9 N–H and O–H groups in total. The number of nitrogens with two attached hydrogens (primary N) is 2. The third-order valence-electron chi connectivity index (χ3n) is 6.31. The van der Waals surface area contributed by atoms with Crippen molar-refractivity contribution in [2.75, 3.05) is 13.2 Å². The normalized spacial score (nSPS) is 34.4. The third-order valence-corrected chi connectivity index (χ3v) is 6.31. The molecule has 204 valence electrons. The fraction of sp³-hybridized carbons (Fsp3) is 0.762. The number of carbonyl (C=O) groups is 5. The molecule has 0 saturated carbocycles. The Morgan fingerprint density at radius 1 is 1.28 bits per heavy atom. The summed E-state index contributed by atoms with van der Waals surface area (Å²) in [5.74, 6) is -6.64. The number of aliphatic hydroxyl groups excluding tert-OH is 2. The zero-order chi connectivity index (χ0) is 28.2. The van der Waals surface area contributed by atoms with E-state index in [0.717, 1.165) is 11.8 Å². The second-order valence-corrected chi connectivity index (χ2v) is 8.78. The Balaban J connectivity index is 2.44. The summed E-state index contributed by atoms with van der Waals surface area (Å²) < 4.78 is 20.3. The van der Waals surface area contributed by atoms with Gasteiger partial charge in [-0.1, -0.05) is 0 Å². The van der Waals surface area contributed by atoms with Crippen LogP contribution in [-0.4, -0.2) is 117 Å². The SMILES string of the molecule is [2H][C@@]1(C(=O)N[C@@H](CCC(=O)O)C(N)=O)C(C2O[C@H](CO)[C@@H](O)[C@H](O[C@H](C)C(=O)O)[C@H]2N)CCN1C(C)=O. The van der Waals surface area contributed by atoms with E-state index in [9.17, 15) is 39.3 Å². The highest BCUT2D eigenvalue weighted by Crippen LogP contribution is 2.36. The van der Waals surface area contributed by atoms with Crippen molar-refractivity contribution in [2.45, 2.75) is 81.7 Å². The molecule has 9 atom stereocenters. The molecule has 0 spiro atoms. The number of carbonyl (C=O) groups excluding carboxylic acids is 3. The van der Waals surface area contributed by atoms with Crippen molar-refractivity contribution in [3.8, 4) is 0 Å². The second-order valence-electron chi connectivity index (χ2n) is 8.78. The Morgan fingerprint density at radius 3 is 2.42 bits per heavy atom. The number of aliphatic hydroxyl groups is 2. The van der Waals surface area contributed by atoms with Gasteiger partial charge in [-0.15, -0.1) is 0 Å². The molecule has 0 aromatic rings. The van der Waals surface area contributed by atoms with Gasteiger partial charge >= 0.3 is 11.9 Å². The van der Waals surface area contributed by atoms with E-state index in [0.29, 0.717) is 0 Å². The monoisotopic (exact) mass is 519 g/mol. The summed E-state index contributed by atoms with van der Waals surface area (Å²) in [4.78, 5) is 60.8. The quantitative estimate of drug-likeness (QED) is 0.140. The molecule has 0 bridgehead atoms. The van der Waals surface area contributed by atoms with Crippen LogP contribution in [0, 0.1) is 5.92 Å². The first kappa shape index (κ1) is 27.7. The van der Waals surface area contributed by atoms with E-state index in [1.807, 2.05) is 0 Å². The predicted molar refractivity (Wildman–Crippen MR) is 119 cm³/mol. The number of nitrogens with one attached hydrogen (secondary N) is 1. The maximum atomic E-state index is 13.4. The highest BCUT2D eigenvalue weighted by Gasteiger charge is 2.53. The Bertz CT molecular complexity index is 908. The number of hydrogen-bond acceptors (Lipinski definition) is 10. The average Bonchev–Trinajstić information content (AvgIpc) is 3.17. The van der Waals surface area contributed by atoms with Crippen molar-refractivity contribution >= 4 is 29.7 Å². The lowest BCUT2D eigenvalue weighted by molar-refractivity contribution is -0.225. The molecular formula is C21H34N4O11. The molecule has 0 aliphatic carbocycles. The number of aliphatic carboxylic acids is 2. The van der Waals surface area contributed by atoms with Crippen LogP contribution in [0.1, 0.15) is 34.5 Å². The van der Waals surface area contributed by atoms with Crippen LogP contribution in [0.4, 0.5) is 0 Å². The van der Waals surface area contributed by atoms with E-state index in [4.69, 9.17) is 27.4 Å². The van der Waals surface area contributed by atoms with Crippen molar-refractivity contribution < 1.29 is 55.2 Å². The summed E-state index contributed by atoms with van der Waals surface area (Å²) in [5, 5.41) is 40.7. The Labute approximate surface area is 208 Å². The Kier molecular flexibility index (Phi) is 9.56. The van der Waals surface area contributed by atoms with Gasteiger partial charge in [0.1, 0.15) is 30.4 Å². The fourth-order valence-corrected chi connectivity index (χ4v) is 4.43. The minimum Gasteiger partial charge on any atom is -0.481 e. The molecule has 2 aliphatic rings. The van der Waals surface area contributed by atoms with Gasteiger partial charge in [0.2, 0.25) is 17.7 Å². The van der Waals surface area contributed by atoms with Gasteiger partial charge < -0.3 is 51.6 Å². The molecule has 2 rings (SSSR count). The van der Waals surface area contributed by atoms with E-state index in [1.54, 1.807) is 0 Å². The predicted octanol–water partition coefficient (Wildman–Crippen LogP) is -3.64. The van der Waals surface area contributed by atoms with Crippen molar-refractivity contribution in [2.24, 2.45) is 17.4 Å². The molecule has 36 heavy (non-hydrogen) atoms. The van der Waals surface area contributed by atoms with Crippen LogP contribution >= 0.6 is 0 Å². The number of rotatable bonds is 11. The molecule has 2 saturated heterocycles. The minimum atomic E-state index is -2.42. The van der Waals surface area contributed by atoms with Gasteiger partial charge in [0.25, 0.3) is 0 Å². The van der Waals surface area contributed by atoms with E-state index < -0.39 is 97.2 Å². The Hall–Kier alpha value is -2.85. The zero-order valence-corrected chi connectivity index (χ0v) is 19.9. The lowest BCUT2D eigenvalue weighted by Gasteiger charge is -2.46. The van der Waals surface area contributed by atoms with Crippen molar-refractivity contribution in [1.82, 2.24) is 10.2 Å². The molecule has 15 nitrogen and oxygen atoms in total. The summed E-state index contributed by atoms with van der Waals surface area (Å²) in [6, 6.07) is -5.18. The van der Waals surface area contributed by atoms with Gasteiger partial charge in [-0.3, -0.25) is 19.2 Å². The summed E-state index contributed by atoms with van der Waals surface area (Å²) in [7, 11) is 0. The molecule has 2 aliphatic heterocycles. The van der Waals surface area contributed by atoms with E-state index >= 15 is 0 Å². The van der Waals surface area contributed by atoms with Gasteiger partial charge in [0, 0.05) is 25.8 Å². The molecule has 0 aromatic heterocycles. The largest absolute Gasteiger partial charge is 0.481 e. The maximum Gasteiger partial charge on any atom is 0.332 e. The summed E-state index contributed by atoms with van der Waals surface area (Å²) in [5.41, 5.74) is 11.6. The summed E-state index contributed by atoms with van der Waals surface area (Å²) in [6.45, 7) is 1.50. The van der Waals surface area contributed by atoms with Crippen molar-refractivity contribution in [3.63, 3.8) is 0 Å².